The van der Waals surface area contributed by atoms with Crippen LogP contribution in [-0.2, 0) is 24.7 Å². The number of thiocarbonyl (C=S) groups is 2. The Hall–Kier alpha value is -7.95. The smallest absolute Gasteiger partial charge is 0.420 e. The molecule has 524 valence electrons. The van der Waals surface area contributed by atoms with Gasteiger partial charge in [-0.2, -0.15) is 52.7 Å². The number of aliphatic hydroxyl groups is 2. The molecule has 0 amide bonds. The van der Waals surface area contributed by atoms with Gasteiger partial charge in [0.1, 0.15) is 41.3 Å². The molecule has 0 aliphatic carbocycles. The molecule has 0 saturated carbocycles. The van der Waals surface area contributed by atoms with Crippen molar-refractivity contribution in [3.8, 4) is 17.2 Å². The van der Waals surface area contributed by atoms with E-state index in [0.717, 1.165) is 88.5 Å². The van der Waals surface area contributed by atoms with Crippen molar-refractivity contribution < 1.29 is 91.3 Å². The highest BCUT2D eigenvalue weighted by Crippen LogP contribution is 2.41. The number of nitrogens with two attached hydrogens (primary N) is 2. The first-order chi connectivity index (χ1) is 42.7. The Bertz CT molecular complexity index is 2990. The van der Waals surface area contributed by atoms with Crippen molar-refractivity contribution in [2.75, 3.05) is 44.1 Å². The van der Waals surface area contributed by atoms with Gasteiger partial charge in [-0.05, 0) is 106 Å². The van der Waals surface area contributed by atoms with E-state index in [1.165, 1.54) is 30.7 Å². The molecule has 0 bridgehead atoms. The van der Waals surface area contributed by atoms with Gasteiger partial charge >= 0.3 is 24.7 Å². The lowest BCUT2D eigenvalue weighted by Gasteiger charge is -2.15. The molecule has 6 rings (SSSR count). The monoisotopic (exact) mass is 1380 g/mol. The second kappa shape index (κ2) is 47.0. The van der Waals surface area contributed by atoms with E-state index in [-0.39, 0.29) is 73.2 Å². The summed E-state index contributed by atoms with van der Waals surface area (Å²) in [7, 11) is 0. The molecule has 0 saturated heterocycles. The molecule has 0 aliphatic rings. The molecule has 0 fully saturated rings. The summed E-state index contributed by atoms with van der Waals surface area (Å²) in [5.41, 5.74) is 5.06. The van der Waals surface area contributed by atoms with Crippen molar-refractivity contribution in [3.05, 3.63) is 159 Å². The molecule has 34 heteroatoms. The molecule has 0 atom stereocenters. The van der Waals surface area contributed by atoms with Crippen molar-refractivity contribution in [3.63, 3.8) is 0 Å². The summed E-state index contributed by atoms with van der Waals surface area (Å²) in [4.78, 5) is 26.5. The van der Waals surface area contributed by atoms with Gasteiger partial charge < -0.3 is 47.4 Å². The lowest BCUT2D eigenvalue weighted by Crippen LogP contribution is -2.19. The largest absolute Gasteiger partial charge is 0.493 e. The molecule has 2 heterocycles. The van der Waals surface area contributed by atoms with Crippen LogP contribution in [0.5, 0.6) is 17.2 Å². The Kier molecular flexibility index (Phi) is 45.1. The van der Waals surface area contributed by atoms with E-state index in [9.17, 15) is 77.3 Å². The second-order valence-electron chi connectivity index (χ2n) is 18.4. The predicted molar refractivity (Wildman–Crippen MR) is 338 cm³/mol. The fourth-order valence-electron chi connectivity index (χ4n) is 6.66. The van der Waals surface area contributed by atoms with E-state index in [1.54, 1.807) is 53.5 Å². The van der Waals surface area contributed by atoms with E-state index in [4.69, 9.17) is 48.1 Å². The number of imidazole rings is 2. The van der Waals surface area contributed by atoms with Gasteiger partial charge in [0.15, 0.2) is 10.2 Å². The number of hydrogen-bond donors (Lipinski definition) is 6. The Labute approximate surface area is 541 Å². The van der Waals surface area contributed by atoms with Crippen molar-refractivity contribution >= 4 is 57.4 Å². The second-order valence-corrected chi connectivity index (χ2v) is 19.2. The van der Waals surface area contributed by atoms with E-state index < -0.39 is 74.0 Å². The maximum Gasteiger partial charge on any atom is 0.420 e. The lowest BCUT2D eigenvalue weighted by atomic mass is 10.1. The van der Waals surface area contributed by atoms with Crippen LogP contribution >= 0.6 is 24.4 Å². The predicted octanol–water partition coefficient (Wildman–Crippen LogP) is 17.4. The molecule has 19 nitrogen and oxygen atoms in total. The van der Waals surface area contributed by atoms with Crippen LogP contribution in [0.15, 0.2) is 110 Å². The molecule has 10 N–H and O–H groups in total. The van der Waals surface area contributed by atoms with Crippen LogP contribution in [0.1, 0.15) is 141 Å². The minimum absolute atomic E-state index is 0. The van der Waals surface area contributed by atoms with Crippen molar-refractivity contribution in [2.45, 2.75) is 144 Å². The highest BCUT2D eigenvalue weighted by atomic mass is 32.1. The van der Waals surface area contributed by atoms with Gasteiger partial charge in [0.25, 0.3) is 11.4 Å². The third-order valence-corrected chi connectivity index (χ3v) is 11.6. The molecule has 2 aromatic heterocycles. The number of nitro groups is 2. The molecule has 0 aliphatic heterocycles. The quantitative estimate of drug-likeness (QED) is 0.00975. The average molecular weight is 1390 g/mol. The van der Waals surface area contributed by atoms with Crippen LogP contribution in [0.3, 0.4) is 0 Å². The first kappa shape index (κ1) is 89.2. The molecule has 0 radical (unpaired) electrons. The summed E-state index contributed by atoms with van der Waals surface area (Å²) < 4.78 is 183. The fraction of sp³-hybridized carbons (Fsp3) is 0.458. The summed E-state index contributed by atoms with van der Waals surface area (Å²) in [5.74, 6) is -2.22. The number of unbranched alkanes of at least 4 members (excludes halogenated alkanes) is 8. The number of non-ortho nitro benzene ring substituents is 2. The van der Waals surface area contributed by atoms with E-state index >= 15 is 0 Å². The van der Waals surface area contributed by atoms with Gasteiger partial charge in [-0.1, -0.05) is 86.5 Å². The van der Waals surface area contributed by atoms with E-state index in [1.807, 2.05) is 20.8 Å². The van der Waals surface area contributed by atoms with Crippen LogP contribution in [0.2, 0.25) is 0 Å². The van der Waals surface area contributed by atoms with Crippen LogP contribution in [-0.4, -0.2) is 82.4 Å². The Morgan fingerprint density at radius 1 is 0.559 bits per heavy atom. The lowest BCUT2D eigenvalue weighted by molar-refractivity contribution is -0.385. The van der Waals surface area contributed by atoms with Gasteiger partial charge in [-0.25, -0.2) is 14.4 Å². The molecule has 0 unspecified atom stereocenters. The summed E-state index contributed by atoms with van der Waals surface area (Å²) >= 11 is 9.74. The molecular weight excluding hydrogens is 1300 g/mol. The first-order valence-electron chi connectivity index (χ1n) is 27.9. The van der Waals surface area contributed by atoms with Gasteiger partial charge in [0, 0.05) is 73.6 Å². The summed E-state index contributed by atoms with van der Waals surface area (Å²) in [5, 5.41) is 39.4. The number of nitrogen functional groups attached to an aromatic ring is 1. The molecule has 0 spiro atoms. The minimum Gasteiger partial charge on any atom is -0.493 e. The topological polar surface area (TPSA) is 289 Å². The third-order valence-electron chi connectivity index (χ3n) is 11.0. The van der Waals surface area contributed by atoms with Crippen LogP contribution < -0.4 is 37.1 Å². The van der Waals surface area contributed by atoms with Crippen LogP contribution in [0, 0.1) is 26.0 Å². The number of hydrogen-bond acceptors (Lipinski definition) is 15. The fourth-order valence-corrected chi connectivity index (χ4v) is 6.99. The molecule has 6 aromatic rings. The molecule has 93 heavy (non-hydrogen) atoms. The van der Waals surface area contributed by atoms with Crippen LogP contribution in [0.4, 0.5) is 79.8 Å². The van der Waals surface area contributed by atoms with Crippen molar-refractivity contribution in [1.29, 1.82) is 0 Å². The SMILES string of the molecule is C.CCCCCO.CCCCCOc1ccc(N)cc1C(F)(F)F.CCCCCOc1ccc(NC(N)=S)cc1C(F)(F)F.CCCCCOc1ccc([N+](=O)[O-])cc1C(F)(F)F.CCO.N.O=[N+]([O-])c1ccc(F)c(C(F)(F)F)c1.S=C(n1ccnc1)n1ccnc1. The summed E-state index contributed by atoms with van der Waals surface area (Å²) in [6.07, 6.45) is 2.80. The summed E-state index contributed by atoms with van der Waals surface area (Å²) in [6, 6.07) is 11.0. The van der Waals surface area contributed by atoms with Crippen molar-refractivity contribution in [1.82, 2.24) is 25.3 Å². The number of rotatable bonds is 21. The highest BCUT2D eigenvalue weighted by Gasteiger charge is 2.38. The standard InChI is InChI=1S/C13H17F3N2OS.C12H14F3NO3.C12H16F3NO.C7H3F4NO2.C7H6N4S.C5H12O.C2H6O.CH4.H3N/c1-2-3-4-7-19-11-6-5-9(18-12(17)20)8-10(11)13(14,15)16;1-2-3-4-7-19-11-6-5-9(16(17)18)8-10(11)12(13,14)15;1-2-3-4-7-17-11-6-5-9(16)8-10(11)12(13,14)15;8-6-2-1-4(12(13)14)3-5(6)7(9,10)11;12-7(10-3-1-8-5-10)11-4-2-9-6-11;1-2-3-4-5-6;1-2-3;;/h5-6,8H,2-4,7H2,1H3,(H3,17,18,20);5-6,8H,2-4,7H2,1H3;5-6,8H,2-4,7,16H2,1H3;1-3H;1-6H;6H,2-5H2,1H3;3H,2H2,1H3;1H4;1H3. The zero-order valence-electron chi connectivity index (χ0n) is 50.9. The van der Waals surface area contributed by atoms with Gasteiger partial charge in [0.05, 0.1) is 46.4 Å². The van der Waals surface area contributed by atoms with Crippen LogP contribution in [0.25, 0.3) is 0 Å². The Morgan fingerprint density at radius 2 is 0.903 bits per heavy atom. The highest BCUT2D eigenvalue weighted by molar-refractivity contribution is 7.80. The van der Waals surface area contributed by atoms with Gasteiger partial charge in [0.2, 0.25) is 0 Å². The van der Waals surface area contributed by atoms with Crippen molar-refractivity contribution in [2.24, 2.45) is 5.73 Å². The number of alkyl halides is 12. The number of anilines is 2. The van der Waals surface area contributed by atoms with E-state index in [0.29, 0.717) is 42.9 Å². The molecular formula is C59H81F13N10O9S2. The normalized spacial score (nSPS) is 10.6. The number of halogens is 13. The zero-order valence-corrected chi connectivity index (χ0v) is 52.6. The van der Waals surface area contributed by atoms with Gasteiger partial charge in [-0.3, -0.25) is 29.4 Å². The number of aliphatic hydroxyl groups excluding tert-OH is 2. The summed E-state index contributed by atoms with van der Waals surface area (Å²) in [6.45, 7) is 11.1. The zero-order chi connectivity index (χ0) is 69.4. The number of aromatic nitrogens is 4. The number of nitrogens with one attached hydrogen (secondary N) is 1. The number of nitrogens with zero attached hydrogens (tertiary/aromatic N) is 6. The Morgan fingerprint density at radius 3 is 1.24 bits per heavy atom. The third kappa shape index (κ3) is 37.4. The van der Waals surface area contributed by atoms with E-state index in [2.05, 4.69) is 34.4 Å². The number of nitro benzene ring substituents is 2. The van der Waals surface area contributed by atoms with Gasteiger partial charge in [-0.15, -0.1) is 0 Å². The minimum atomic E-state index is -4.92. The number of benzene rings is 4. The maximum atomic E-state index is 13.0. The Balaban J connectivity index is -0.00000105. The average Bonchev–Trinajstić information content (AvgIpc) is 1.69. The first-order valence-corrected chi connectivity index (χ1v) is 28.7. The maximum absolute atomic E-state index is 13.0. The molecule has 4 aromatic carbocycles. The number of ether oxygens (including phenoxy) is 3.